The minimum absolute atomic E-state index is 0.0682. The average Bonchev–Trinajstić information content (AvgIpc) is 3.34. The highest BCUT2D eigenvalue weighted by molar-refractivity contribution is 8.00. The third-order valence-corrected chi connectivity index (χ3v) is 7.10. The van der Waals surface area contributed by atoms with Gasteiger partial charge in [-0.05, 0) is 31.7 Å². The summed E-state index contributed by atoms with van der Waals surface area (Å²) in [6, 6.07) is 3.98. The normalized spacial score (nSPS) is 12.4. The molecule has 0 aliphatic heterocycles. The minimum Gasteiger partial charge on any atom is -0.382 e. The Bertz CT molecular complexity index is 995. The number of aromatic nitrogens is 2. The number of ether oxygens (including phenoxy) is 1. The molecule has 3 rings (SSSR count). The quantitative estimate of drug-likeness (QED) is 0.314. The molecule has 1 atom stereocenters. The summed E-state index contributed by atoms with van der Waals surface area (Å²) >= 11 is 4.37. The van der Waals surface area contributed by atoms with Gasteiger partial charge in [-0.25, -0.2) is 4.98 Å². The van der Waals surface area contributed by atoms with Crippen molar-refractivity contribution in [2.24, 2.45) is 7.05 Å². The molecule has 1 N–H and O–H groups in total. The van der Waals surface area contributed by atoms with Crippen LogP contribution in [-0.4, -0.2) is 40.5 Å². The van der Waals surface area contributed by atoms with Gasteiger partial charge in [0, 0.05) is 42.6 Å². The van der Waals surface area contributed by atoms with Gasteiger partial charge in [0.25, 0.3) is 5.56 Å². The van der Waals surface area contributed by atoms with Crippen LogP contribution in [0.15, 0.2) is 32.8 Å². The van der Waals surface area contributed by atoms with Crippen molar-refractivity contribution < 1.29 is 9.53 Å². The fourth-order valence-electron chi connectivity index (χ4n) is 2.66. The number of carbonyl (C=O) groups is 1. The highest BCUT2D eigenvalue weighted by atomic mass is 32.2. The number of amides is 1. The zero-order valence-electron chi connectivity index (χ0n) is 16.1. The molecule has 1 amide bonds. The van der Waals surface area contributed by atoms with Gasteiger partial charge >= 0.3 is 0 Å². The van der Waals surface area contributed by atoms with Crippen LogP contribution >= 0.6 is 34.4 Å². The third kappa shape index (κ3) is 4.65. The molecule has 0 bridgehead atoms. The molecule has 0 radical (unpaired) electrons. The number of carbonyl (C=O) groups excluding carboxylic acids is 1. The van der Waals surface area contributed by atoms with Crippen molar-refractivity contribution in [2.45, 2.75) is 30.7 Å². The summed E-state index contributed by atoms with van der Waals surface area (Å²) in [4.78, 5) is 31.7. The topological polar surface area (TPSA) is 73.2 Å². The predicted octanol–water partition coefficient (Wildman–Crippen LogP) is 3.75. The highest BCUT2D eigenvalue weighted by Crippen LogP contribution is 2.34. The Labute approximate surface area is 175 Å². The molecule has 28 heavy (non-hydrogen) atoms. The number of nitrogens with one attached hydrogen (secondary N) is 1. The second-order valence-electron chi connectivity index (χ2n) is 6.17. The zero-order valence-corrected chi connectivity index (χ0v) is 18.5. The number of nitrogens with zero attached hydrogens (tertiary/aromatic N) is 2. The first-order valence-corrected chi connectivity index (χ1v) is 11.7. The number of hydrogen-bond acceptors (Lipinski definition) is 7. The Morgan fingerprint density at radius 3 is 2.96 bits per heavy atom. The van der Waals surface area contributed by atoms with Crippen LogP contribution in [-0.2, 0) is 16.6 Å². The number of fused-ring (bicyclic) bond motifs is 1. The summed E-state index contributed by atoms with van der Waals surface area (Å²) < 4.78 is 6.80. The molecular weight excluding hydrogens is 414 g/mol. The Morgan fingerprint density at radius 1 is 1.43 bits per heavy atom. The SMILES string of the molecule is CCOCCCNC(=O)C(C)Sc1nc2scc(-c3cccs3)c2c(=O)n1C. The first kappa shape index (κ1) is 21.0. The summed E-state index contributed by atoms with van der Waals surface area (Å²) in [5.41, 5.74) is 0.848. The van der Waals surface area contributed by atoms with Gasteiger partial charge in [-0.3, -0.25) is 14.2 Å². The van der Waals surface area contributed by atoms with E-state index in [2.05, 4.69) is 10.3 Å². The summed E-state index contributed by atoms with van der Waals surface area (Å²) in [7, 11) is 1.71. The molecule has 0 aromatic carbocycles. The van der Waals surface area contributed by atoms with E-state index in [4.69, 9.17) is 4.74 Å². The van der Waals surface area contributed by atoms with E-state index in [0.29, 0.717) is 35.1 Å². The Morgan fingerprint density at radius 2 is 2.25 bits per heavy atom. The van der Waals surface area contributed by atoms with Crippen molar-refractivity contribution >= 4 is 50.6 Å². The van der Waals surface area contributed by atoms with Crippen molar-refractivity contribution in [1.82, 2.24) is 14.9 Å². The Balaban J connectivity index is 1.74. The highest BCUT2D eigenvalue weighted by Gasteiger charge is 2.20. The van der Waals surface area contributed by atoms with Crippen LogP contribution in [0.3, 0.4) is 0 Å². The van der Waals surface area contributed by atoms with E-state index in [1.807, 2.05) is 36.7 Å². The van der Waals surface area contributed by atoms with E-state index in [0.717, 1.165) is 16.9 Å². The van der Waals surface area contributed by atoms with Gasteiger partial charge < -0.3 is 10.1 Å². The average molecular weight is 438 g/mol. The third-order valence-electron chi connectivity index (χ3n) is 4.18. The summed E-state index contributed by atoms with van der Waals surface area (Å²) in [5.74, 6) is -0.0682. The molecule has 0 aliphatic rings. The van der Waals surface area contributed by atoms with Crippen LogP contribution in [0.25, 0.3) is 20.7 Å². The van der Waals surface area contributed by atoms with Crippen LogP contribution in [0, 0.1) is 0 Å². The van der Waals surface area contributed by atoms with Gasteiger partial charge in [0.15, 0.2) is 5.16 Å². The lowest BCUT2D eigenvalue weighted by Crippen LogP contribution is -2.32. The molecule has 6 nitrogen and oxygen atoms in total. The van der Waals surface area contributed by atoms with Crippen molar-refractivity contribution in [3.05, 3.63) is 33.2 Å². The van der Waals surface area contributed by atoms with E-state index in [1.54, 1.807) is 18.4 Å². The molecule has 1 unspecified atom stereocenters. The molecule has 3 aromatic heterocycles. The standard InChI is InChI=1S/C19H23N3O3S3/c1-4-25-9-6-8-20-16(23)12(2)28-19-21-17-15(18(24)22(19)3)13(11-27-17)14-7-5-10-26-14/h5,7,10-12H,4,6,8-9H2,1-3H3,(H,20,23). The van der Waals surface area contributed by atoms with Crippen LogP contribution in [0.4, 0.5) is 0 Å². The molecule has 150 valence electrons. The Hall–Kier alpha value is -1.68. The van der Waals surface area contributed by atoms with Crippen LogP contribution in [0.1, 0.15) is 20.3 Å². The van der Waals surface area contributed by atoms with Crippen molar-refractivity contribution in [3.8, 4) is 10.4 Å². The first-order valence-electron chi connectivity index (χ1n) is 9.07. The monoisotopic (exact) mass is 437 g/mol. The molecule has 0 spiro atoms. The lowest BCUT2D eigenvalue weighted by Gasteiger charge is -2.13. The maximum Gasteiger partial charge on any atom is 0.263 e. The van der Waals surface area contributed by atoms with Gasteiger partial charge in [0.1, 0.15) is 4.83 Å². The van der Waals surface area contributed by atoms with Crippen LogP contribution < -0.4 is 10.9 Å². The molecule has 0 fully saturated rings. The van der Waals surface area contributed by atoms with Gasteiger partial charge in [-0.2, -0.15) is 0 Å². The first-order chi connectivity index (χ1) is 13.5. The number of thioether (sulfide) groups is 1. The fourth-order valence-corrected chi connectivity index (χ4v) is 5.36. The van der Waals surface area contributed by atoms with Crippen molar-refractivity contribution in [2.75, 3.05) is 19.8 Å². The van der Waals surface area contributed by atoms with E-state index in [1.165, 1.54) is 27.7 Å². The molecule has 3 heterocycles. The van der Waals surface area contributed by atoms with Gasteiger partial charge in [-0.15, -0.1) is 22.7 Å². The maximum absolute atomic E-state index is 13.0. The van der Waals surface area contributed by atoms with E-state index in [-0.39, 0.29) is 16.7 Å². The summed E-state index contributed by atoms with van der Waals surface area (Å²) in [6.07, 6.45) is 0.778. The second kappa shape index (κ2) is 9.69. The molecule has 0 saturated carbocycles. The lowest BCUT2D eigenvalue weighted by molar-refractivity contribution is -0.120. The van der Waals surface area contributed by atoms with Crippen LogP contribution in [0.5, 0.6) is 0 Å². The maximum atomic E-state index is 13.0. The lowest BCUT2D eigenvalue weighted by atomic mass is 10.2. The predicted molar refractivity (Wildman–Crippen MR) is 118 cm³/mol. The molecule has 9 heteroatoms. The number of rotatable bonds is 9. The number of hydrogen-bond donors (Lipinski definition) is 1. The van der Waals surface area contributed by atoms with E-state index >= 15 is 0 Å². The molecular formula is C19H23N3O3S3. The minimum atomic E-state index is -0.348. The van der Waals surface area contributed by atoms with Crippen LogP contribution in [0.2, 0.25) is 0 Å². The van der Waals surface area contributed by atoms with Gasteiger partial charge in [0.05, 0.1) is 10.6 Å². The second-order valence-corrected chi connectivity index (χ2v) is 9.28. The van der Waals surface area contributed by atoms with Gasteiger partial charge in [0.2, 0.25) is 5.91 Å². The van der Waals surface area contributed by atoms with Gasteiger partial charge in [-0.1, -0.05) is 17.8 Å². The summed E-state index contributed by atoms with van der Waals surface area (Å²) in [5, 5.41) is 7.73. The Kier molecular flexibility index (Phi) is 7.28. The van der Waals surface area contributed by atoms with Crippen molar-refractivity contribution in [1.29, 1.82) is 0 Å². The molecule has 0 aliphatic carbocycles. The van der Waals surface area contributed by atoms with E-state index in [9.17, 15) is 9.59 Å². The summed E-state index contributed by atoms with van der Waals surface area (Å²) in [6.45, 7) is 5.66. The van der Waals surface area contributed by atoms with Crippen molar-refractivity contribution in [3.63, 3.8) is 0 Å². The largest absolute Gasteiger partial charge is 0.382 e. The molecule has 3 aromatic rings. The molecule has 0 saturated heterocycles. The smallest absolute Gasteiger partial charge is 0.263 e. The number of thiophene rings is 2. The van der Waals surface area contributed by atoms with E-state index < -0.39 is 0 Å². The fraction of sp³-hybridized carbons (Fsp3) is 0.421. The zero-order chi connectivity index (χ0) is 20.1.